The van der Waals surface area contributed by atoms with Crippen LogP contribution in [0.15, 0.2) is 140 Å². The fourth-order valence-electron chi connectivity index (χ4n) is 6.11. The van der Waals surface area contributed by atoms with Crippen LogP contribution < -0.4 is 10.4 Å². The van der Waals surface area contributed by atoms with E-state index in [1.54, 1.807) is 6.08 Å². The Labute approximate surface area is 258 Å². The molecule has 3 nitrogen and oxygen atoms in total. The third-order valence-electron chi connectivity index (χ3n) is 9.24. The van der Waals surface area contributed by atoms with Gasteiger partial charge < -0.3 is 14.2 Å². The van der Waals surface area contributed by atoms with Gasteiger partial charge in [-0.25, -0.2) is 0 Å². The topological polar surface area (TPSA) is 21.7 Å². The SMILES string of the molecule is C=C/C=C(C=C)/C(C=C)=C(/C=C)N(c1ccc(B2OC(C)(C)C(C)(C)O2)cc1)c1ccc2c(c1)C(C)(C)c1ccccc1-2. The Hall–Kier alpha value is -4.12. The maximum atomic E-state index is 6.33. The molecule has 0 spiro atoms. The number of benzene rings is 3. The largest absolute Gasteiger partial charge is 0.494 e. The van der Waals surface area contributed by atoms with E-state index in [9.17, 15) is 0 Å². The molecule has 0 bridgehead atoms. The molecule has 1 fully saturated rings. The van der Waals surface area contributed by atoms with Gasteiger partial charge in [0.05, 0.1) is 16.9 Å². The highest BCUT2D eigenvalue weighted by molar-refractivity contribution is 6.62. The minimum atomic E-state index is -0.437. The Morgan fingerprint density at radius 2 is 1.30 bits per heavy atom. The van der Waals surface area contributed by atoms with Crippen LogP contribution in [0.2, 0.25) is 0 Å². The lowest BCUT2D eigenvalue weighted by Gasteiger charge is -2.32. The molecule has 4 heteroatoms. The lowest BCUT2D eigenvalue weighted by molar-refractivity contribution is 0.00578. The summed E-state index contributed by atoms with van der Waals surface area (Å²) in [5.74, 6) is 0. The minimum absolute atomic E-state index is 0.136. The first kappa shape index (κ1) is 30.3. The zero-order chi connectivity index (χ0) is 31.2. The highest BCUT2D eigenvalue weighted by atomic mass is 16.7. The summed E-state index contributed by atoms with van der Waals surface area (Å²) in [6, 6.07) is 23.8. The van der Waals surface area contributed by atoms with E-state index in [1.165, 1.54) is 22.3 Å². The van der Waals surface area contributed by atoms with Crippen LogP contribution in [-0.2, 0) is 14.7 Å². The third-order valence-corrected chi connectivity index (χ3v) is 9.24. The molecule has 0 amide bonds. The number of nitrogens with zero attached hydrogens (tertiary/aromatic N) is 1. The van der Waals surface area contributed by atoms with Crippen LogP contribution in [0.5, 0.6) is 0 Å². The molecule has 3 aromatic rings. The quantitative estimate of drug-likeness (QED) is 0.190. The first-order valence-corrected chi connectivity index (χ1v) is 14.8. The predicted octanol–water partition coefficient (Wildman–Crippen LogP) is 9.35. The standard InChI is InChI=1S/C39H42BNO2/c1-11-17-27(12-2)31(13-3)36(14-4)41(29-22-20-28(21-23-29)40-42-38(7,8)39(9,10)43-40)30-24-25-33-32-18-15-16-19-34(32)37(5,6)35(33)26-30/h11-26H,1-4H2,5-10H3/b27-17+,36-31-. The Bertz CT molecular complexity index is 1650. The van der Waals surface area contributed by atoms with Crippen LogP contribution in [0.25, 0.3) is 11.1 Å². The fourth-order valence-corrected chi connectivity index (χ4v) is 6.11. The molecule has 1 aliphatic heterocycles. The molecule has 1 aliphatic carbocycles. The lowest BCUT2D eigenvalue weighted by atomic mass is 9.79. The smallest absolute Gasteiger partial charge is 0.399 e. The molecule has 0 unspecified atom stereocenters. The molecule has 0 aromatic heterocycles. The van der Waals surface area contributed by atoms with Gasteiger partial charge in [-0.3, -0.25) is 0 Å². The van der Waals surface area contributed by atoms with Gasteiger partial charge in [0.15, 0.2) is 0 Å². The summed E-state index contributed by atoms with van der Waals surface area (Å²) in [7, 11) is -0.437. The van der Waals surface area contributed by atoms with E-state index in [-0.39, 0.29) is 5.41 Å². The van der Waals surface area contributed by atoms with Crippen molar-refractivity contribution in [1.29, 1.82) is 0 Å². The van der Waals surface area contributed by atoms with Crippen LogP contribution in [0.1, 0.15) is 52.7 Å². The normalized spacial score (nSPS) is 18.3. The predicted molar refractivity (Wildman–Crippen MR) is 184 cm³/mol. The van der Waals surface area contributed by atoms with Crippen molar-refractivity contribution in [2.75, 3.05) is 4.90 Å². The van der Waals surface area contributed by atoms with Gasteiger partial charge in [-0.1, -0.05) is 107 Å². The maximum absolute atomic E-state index is 6.33. The summed E-state index contributed by atoms with van der Waals surface area (Å²) >= 11 is 0. The van der Waals surface area contributed by atoms with Crippen molar-refractivity contribution in [3.05, 3.63) is 151 Å². The Morgan fingerprint density at radius 3 is 1.88 bits per heavy atom. The summed E-state index contributed by atoms with van der Waals surface area (Å²) in [6.45, 7) is 29.3. The summed E-state index contributed by atoms with van der Waals surface area (Å²) in [5, 5.41) is 0. The van der Waals surface area contributed by atoms with Crippen LogP contribution in [-0.4, -0.2) is 18.3 Å². The van der Waals surface area contributed by atoms with Crippen molar-refractivity contribution >= 4 is 24.0 Å². The van der Waals surface area contributed by atoms with Gasteiger partial charge in [0.1, 0.15) is 0 Å². The Morgan fingerprint density at radius 1 is 0.698 bits per heavy atom. The van der Waals surface area contributed by atoms with Crippen molar-refractivity contribution in [2.24, 2.45) is 0 Å². The molecular weight excluding hydrogens is 525 g/mol. The average Bonchev–Trinajstić information content (AvgIpc) is 3.36. The summed E-state index contributed by atoms with van der Waals surface area (Å²) in [5.41, 5.74) is 9.92. The third kappa shape index (κ3) is 5.09. The van der Waals surface area contributed by atoms with Crippen molar-refractivity contribution in [2.45, 2.75) is 58.2 Å². The molecular formula is C39H42BNO2. The second-order valence-corrected chi connectivity index (χ2v) is 12.7. The number of hydrogen-bond acceptors (Lipinski definition) is 3. The van der Waals surface area contributed by atoms with Crippen LogP contribution >= 0.6 is 0 Å². The summed E-state index contributed by atoms with van der Waals surface area (Å²) in [4.78, 5) is 2.23. The first-order valence-electron chi connectivity index (χ1n) is 14.8. The minimum Gasteiger partial charge on any atom is -0.399 e. The van der Waals surface area contributed by atoms with E-state index in [0.29, 0.717) is 0 Å². The number of hydrogen-bond donors (Lipinski definition) is 0. The zero-order valence-electron chi connectivity index (χ0n) is 26.4. The monoisotopic (exact) mass is 567 g/mol. The molecule has 0 atom stereocenters. The number of rotatable bonds is 9. The lowest BCUT2D eigenvalue weighted by Crippen LogP contribution is -2.41. The van der Waals surface area contributed by atoms with E-state index >= 15 is 0 Å². The maximum Gasteiger partial charge on any atom is 0.494 e. The Kier molecular flexibility index (Phi) is 7.89. The number of fused-ring (bicyclic) bond motifs is 3. The van der Waals surface area contributed by atoms with Gasteiger partial charge in [0, 0.05) is 22.4 Å². The van der Waals surface area contributed by atoms with Gasteiger partial charge >= 0.3 is 7.12 Å². The van der Waals surface area contributed by atoms with E-state index in [0.717, 1.165) is 33.7 Å². The molecule has 43 heavy (non-hydrogen) atoms. The molecule has 0 radical (unpaired) electrons. The molecule has 2 aliphatic rings. The van der Waals surface area contributed by atoms with Crippen molar-refractivity contribution < 1.29 is 9.31 Å². The van der Waals surface area contributed by atoms with Gasteiger partial charge in [-0.2, -0.15) is 0 Å². The average molecular weight is 568 g/mol. The second kappa shape index (κ2) is 11.2. The van der Waals surface area contributed by atoms with E-state index < -0.39 is 18.3 Å². The number of anilines is 2. The van der Waals surface area contributed by atoms with E-state index in [1.807, 2.05) is 24.3 Å². The van der Waals surface area contributed by atoms with Crippen LogP contribution in [0.3, 0.4) is 0 Å². The molecule has 218 valence electrons. The molecule has 0 N–H and O–H groups in total. The van der Waals surface area contributed by atoms with Crippen molar-refractivity contribution in [1.82, 2.24) is 0 Å². The zero-order valence-corrected chi connectivity index (χ0v) is 26.4. The van der Waals surface area contributed by atoms with Gasteiger partial charge in [0.2, 0.25) is 0 Å². The van der Waals surface area contributed by atoms with Gasteiger partial charge in [-0.15, -0.1) is 0 Å². The van der Waals surface area contributed by atoms with E-state index in [2.05, 4.69) is 139 Å². The van der Waals surface area contributed by atoms with Crippen molar-refractivity contribution in [3.63, 3.8) is 0 Å². The summed E-state index contributed by atoms with van der Waals surface area (Å²) in [6.07, 6.45) is 9.26. The highest BCUT2D eigenvalue weighted by Crippen LogP contribution is 2.50. The van der Waals surface area contributed by atoms with Gasteiger partial charge in [-0.05, 0) is 91.3 Å². The number of allylic oxidation sites excluding steroid dienone is 7. The second-order valence-electron chi connectivity index (χ2n) is 12.7. The molecule has 5 rings (SSSR count). The van der Waals surface area contributed by atoms with E-state index in [4.69, 9.17) is 9.31 Å². The molecule has 1 saturated heterocycles. The van der Waals surface area contributed by atoms with Crippen molar-refractivity contribution in [3.8, 4) is 11.1 Å². The van der Waals surface area contributed by atoms with Crippen LogP contribution in [0.4, 0.5) is 11.4 Å². The fraction of sp³-hybridized carbons (Fsp3) is 0.231. The Balaban J connectivity index is 1.68. The first-order chi connectivity index (χ1) is 20.4. The van der Waals surface area contributed by atoms with Gasteiger partial charge in [0.25, 0.3) is 0 Å². The molecule has 1 heterocycles. The van der Waals surface area contributed by atoms with Crippen LogP contribution in [0, 0.1) is 0 Å². The molecule has 0 saturated carbocycles. The molecule has 3 aromatic carbocycles. The summed E-state index contributed by atoms with van der Waals surface area (Å²) < 4.78 is 12.7. The highest BCUT2D eigenvalue weighted by Gasteiger charge is 2.51.